The van der Waals surface area contributed by atoms with Gasteiger partial charge in [0.1, 0.15) is 11.8 Å². The van der Waals surface area contributed by atoms with E-state index in [0.29, 0.717) is 11.5 Å². The van der Waals surface area contributed by atoms with Crippen molar-refractivity contribution in [3.63, 3.8) is 0 Å². The maximum Gasteiger partial charge on any atom is 0.160 e. The van der Waals surface area contributed by atoms with Crippen LogP contribution in [-0.2, 0) is 0 Å². The van der Waals surface area contributed by atoms with E-state index in [0.717, 1.165) is 11.1 Å². The lowest BCUT2D eigenvalue weighted by atomic mass is 10.2. The lowest BCUT2D eigenvalue weighted by molar-refractivity contribution is 1.11. The Bertz CT molecular complexity index is 512. The fraction of sp³-hybridized carbons (Fsp3) is 0.0833. The Balaban J connectivity index is 2.52. The molecule has 0 bridgehead atoms. The number of hydrogen-bond donors (Lipinski definition) is 0. The molecule has 0 spiro atoms. The van der Waals surface area contributed by atoms with Gasteiger partial charge in [-0.3, -0.25) is 0 Å². The van der Waals surface area contributed by atoms with Gasteiger partial charge in [0.15, 0.2) is 5.82 Å². The van der Waals surface area contributed by atoms with Crippen molar-refractivity contribution in [2.75, 3.05) is 0 Å². The Morgan fingerprint density at radius 1 is 1.20 bits per heavy atom. The van der Waals surface area contributed by atoms with E-state index in [1.54, 1.807) is 6.20 Å². The van der Waals surface area contributed by atoms with E-state index in [2.05, 4.69) is 16.0 Å². The van der Waals surface area contributed by atoms with Crippen LogP contribution in [0.1, 0.15) is 11.3 Å². The summed E-state index contributed by atoms with van der Waals surface area (Å²) in [5.74, 6) is 0.595. The molecule has 0 amide bonds. The van der Waals surface area contributed by atoms with Crippen molar-refractivity contribution in [2.45, 2.75) is 6.92 Å². The number of aryl methyl sites for hydroxylation is 1. The second-order valence-electron chi connectivity index (χ2n) is 3.20. The number of hydrogen-bond acceptors (Lipinski definition) is 3. The molecule has 0 saturated carbocycles. The molecule has 0 aliphatic heterocycles. The van der Waals surface area contributed by atoms with Crippen LogP contribution in [0.4, 0.5) is 0 Å². The van der Waals surface area contributed by atoms with E-state index in [9.17, 15) is 0 Å². The van der Waals surface area contributed by atoms with Crippen LogP contribution in [0, 0.1) is 18.3 Å². The van der Waals surface area contributed by atoms with Gasteiger partial charge in [-0.25, -0.2) is 9.97 Å². The Labute approximate surface area is 88.1 Å². The van der Waals surface area contributed by atoms with Crippen LogP contribution in [0.15, 0.2) is 36.5 Å². The molecular formula is C12H9N3. The van der Waals surface area contributed by atoms with E-state index in [4.69, 9.17) is 5.26 Å². The number of rotatable bonds is 1. The summed E-state index contributed by atoms with van der Waals surface area (Å²) in [7, 11) is 0. The third-order valence-electron chi connectivity index (χ3n) is 2.11. The van der Waals surface area contributed by atoms with Crippen LogP contribution in [-0.4, -0.2) is 9.97 Å². The maximum atomic E-state index is 8.85. The smallest absolute Gasteiger partial charge is 0.160 e. The molecule has 0 atom stereocenters. The van der Waals surface area contributed by atoms with E-state index < -0.39 is 0 Å². The highest BCUT2D eigenvalue weighted by Crippen LogP contribution is 2.14. The van der Waals surface area contributed by atoms with Crippen molar-refractivity contribution < 1.29 is 0 Å². The molecule has 2 rings (SSSR count). The van der Waals surface area contributed by atoms with E-state index in [1.807, 2.05) is 37.3 Å². The predicted molar refractivity (Wildman–Crippen MR) is 56.9 cm³/mol. The molecule has 15 heavy (non-hydrogen) atoms. The Morgan fingerprint density at radius 2 is 1.93 bits per heavy atom. The summed E-state index contributed by atoms with van der Waals surface area (Å²) < 4.78 is 0. The minimum atomic E-state index is 0.434. The van der Waals surface area contributed by atoms with E-state index >= 15 is 0 Å². The summed E-state index contributed by atoms with van der Waals surface area (Å²) in [6.07, 6.45) is 1.67. The molecule has 0 saturated heterocycles. The molecule has 0 radical (unpaired) electrons. The summed E-state index contributed by atoms with van der Waals surface area (Å²) in [6.45, 7) is 1.83. The average Bonchev–Trinajstić information content (AvgIpc) is 2.31. The van der Waals surface area contributed by atoms with Gasteiger partial charge in [0, 0.05) is 17.3 Å². The first-order valence-corrected chi connectivity index (χ1v) is 4.60. The number of nitriles is 1. The summed E-state index contributed by atoms with van der Waals surface area (Å²) >= 11 is 0. The zero-order valence-electron chi connectivity index (χ0n) is 8.31. The predicted octanol–water partition coefficient (Wildman–Crippen LogP) is 2.32. The third-order valence-corrected chi connectivity index (χ3v) is 2.11. The van der Waals surface area contributed by atoms with Crippen LogP contribution >= 0.6 is 0 Å². The minimum absolute atomic E-state index is 0.434. The molecule has 1 aromatic heterocycles. The van der Waals surface area contributed by atoms with Crippen LogP contribution in [0.3, 0.4) is 0 Å². The van der Waals surface area contributed by atoms with Crippen molar-refractivity contribution in [3.05, 3.63) is 47.8 Å². The van der Waals surface area contributed by atoms with Crippen molar-refractivity contribution in [1.82, 2.24) is 9.97 Å². The fourth-order valence-corrected chi connectivity index (χ4v) is 1.28. The van der Waals surface area contributed by atoms with Gasteiger partial charge >= 0.3 is 0 Å². The molecule has 0 aliphatic rings. The highest BCUT2D eigenvalue weighted by molar-refractivity contribution is 5.55. The first-order chi connectivity index (χ1) is 7.31. The number of benzene rings is 1. The first kappa shape index (κ1) is 9.35. The second kappa shape index (κ2) is 3.89. The normalized spacial score (nSPS) is 9.60. The van der Waals surface area contributed by atoms with Gasteiger partial charge in [-0.2, -0.15) is 5.26 Å². The topological polar surface area (TPSA) is 49.6 Å². The fourth-order valence-electron chi connectivity index (χ4n) is 1.28. The quantitative estimate of drug-likeness (QED) is 0.701. The molecule has 2 aromatic rings. The molecule has 0 unspecified atom stereocenters. The Hall–Kier alpha value is -2.21. The molecule has 1 aromatic carbocycles. The van der Waals surface area contributed by atoms with Gasteiger partial charge in [-0.15, -0.1) is 0 Å². The molecular weight excluding hydrogens is 186 g/mol. The minimum Gasteiger partial charge on any atom is -0.236 e. The molecule has 3 heteroatoms. The second-order valence-corrected chi connectivity index (χ2v) is 3.20. The highest BCUT2D eigenvalue weighted by atomic mass is 14.9. The summed E-state index contributed by atoms with van der Waals surface area (Å²) in [5.41, 5.74) is 2.16. The lowest BCUT2D eigenvalue weighted by Gasteiger charge is -2.01. The van der Waals surface area contributed by atoms with Gasteiger partial charge in [-0.05, 0) is 6.92 Å². The van der Waals surface area contributed by atoms with Gasteiger partial charge in [-0.1, -0.05) is 30.3 Å². The molecule has 0 fully saturated rings. The van der Waals surface area contributed by atoms with E-state index in [-0.39, 0.29) is 0 Å². The highest BCUT2D eigenvalue weighted by Gasteiger charge is 2.04. The number of nitrogens with zero attached hydrogens (tertiary/aromatic N) is 3. The van der Waals surface area contributed by atoms with Crippen molar-refractivity contribution in [1.29, 1.82) is 5.26 Å². The zero-order chi connectivity index (χ0) is 10.7. The summed E-state index contributed by atoms with van der Waals surface area (Å²) in [4.78, 5) is 8.38. The first-order valence-electron chi connectivity index (χ1n) is 4.60. The van der Waals surface area contributed by atoms with Gasteiger partial charge in [0.2, 0.25) is 0 Å². The molecule has 1 heterocycles. The summed E-state index contributed by atoms with van der Waals surface area (Å²) in [5, 5.41) is 8.85. The van der Waals surface area contributed by atoms with Crippen LogP contribution < -0.4 is 0 Å². The molecule has 72 valence electrons. The SMILES string of the molecule is Cc1cnc(-c2ccccc2)nc1C#N. The zero-order valence-corrected chi connectivity index (χ0v) is 8.31. The third kappa shape index (κ3) is 1.84. The maximum absolute atomic E-state index is 8.85. The van der Waals surface area contributed by atoms with Crippen molar-refractivity contribution >= 4 is 0 Å². The molecule has 0 N–H and O–H groups in total. The van der Waals surface area contributed by atoms with Crippen LogP contribution in [0.2, 0.25) is 0 Å². The number of aromatic nitrogens is 2. The lowest BCUT2D eigenvalue weighted by Crippen LogP contribution is -1.94. The average molecular weight is 195 g/mol. The van der Waals surface area contributed by atoms with Gasteiger partial charge in [0.25, 0.3) is 0 Å². The largest absolute Gasteiger partial charge is 0.236 e. The standard InChI is InChI=1S/C12H9N3/c1-9-8-14-12(15-11(9)7-13)10-5-3-2-4-6-10/h2-6,8H,1H3. The van der Waals surface area contributed by atoms with Gasteiger partial charge < -0.3 is 0 Å². The molecule has 3 nitrogen and oxygen atoms in total. The van der Waals surface area contributed by atoms with Gasteiger partial charge in [0.05, 0.1) is 0 Å². The van der Waals surface area contributed by atoms with E-state index in [1.165, 1.54) is 0 Å². The van der Waals surface area contributed by atoms with Crippen molar-refractivity contribution in [2.24, 2.45) is 0 Å². The van der Waals surface area contributed by atoms with Crippen LogP contribution in [0.25, 0.3) is 11.4 Å². The van der Waals surface area contributed by atoms with Crippen molar-refractivity contribution in [3.8, 4) is 17.5 Å². The molecule has 0 aliphatic carbocycles. The van der Waals surface area contributed by atoms with Crippen LogP contribution in [0.5, 0.6) is 0 Å². The monoisotopic (exact) mass is 195 g/mol. The Morgan fingerprint density at radius 3 is 2.60 bits per heavy atom. The Kier molecular flexibility index (Phi) is 2.42. The summed E-state index contributed by atoms with van der Waals surface area (Å²) in [6, 6.07) is 11.7.